The summed E-state index contributed by atoms with van der Waals surface area (Å²) in [5, 5.41) is 0. The molecule has 78 valence electrons. The topological polar surface area (TPSA) is 61.3 Å². The first-order valence-corrected chi connectivity index (χ1v) is 4.83. The number of ether oxygens (including phenoxy) is 1. The van der Waals surface area contributed by atoms with Crippen molar-refractivity contribution in [2.24, 2.45) is 17.4 Å². The standard InChI is InChI=1S/C11H18N2O/c1-14-11-4-2-9(3-5-11)6-10(7-12)8-13/h2-5,10H,6-8,12-13H2,1H3. The molecule has 0 saturated carbocycles. The van der Waals surface area contributed by atoms with E-state index in [0.717, 1.165) is 12.2 Å². The van der Waals surface area contributed by atoms with Crippen LogP contribution in [0.2, 0.25) is 0 Å². The zero-order valence-corrected chi connectivity index (χ0v) is 8.57. The third-order valence-corrected chi connectivity index (χ3v) is 2.35. The Morgan fingerprint density at radius 2 is 1.71 bits per heavy atom. The van der Waals surface area contributed by atoms with Gasteiger partial charge in [-0.1, -0.05) is 12.1 Å². The summed E-state index contributed by atoms with van der Waals surface area (Å²) in [4.78, 5) is 0. The van der Waals surface area contributed by atoms with E-state index >= 15 is 0 Å². The van der Waals surface area contributed by atoms with Crippen LogP contribution in [-0.2, 0) is 6.42 Å². The number of methoxy groups -OCH3 is 1. The highest BCUT2D eigenvalue weighted by Crippen LogP contribution is 2.13. The molecule has 14 heavy (non-hydrogen) atoms. The van der Waals surface area contributed by atoms with Gasteiger partial charge in [0.1, 0.15) is 5.75 Å². The van der Waals surface area contributed by atoms with E-state index in [2.05, 4.69) is 12.1 Å². The van der Waals surface area contributed by atoms with Crippen LogP contribution in [0.1, 0.15) is 5.56 Å². The molecule has 0 aliphatic rings. The first-order chi connectivity index (χ1) is 6.80. The first-order valence-electron chi connectivity index (χ1n) is 4.83. The quantitative estimate of drug-likeness (QED) is 0.728. The number of hydrogen-bond donors (Lipinski definition) is 2. The van der Waals surface area contributed by atoms with Crippen molar-refractivity contribution < 1.29 is 4.74 Å². The molecular formula is C11H18N2O. The molecule has 0 spiro atoms. The van der Waals surface area contributed by atoms with Crippen LogP contribution in [0, 0.1) is 5.92 Å². The molecule has 1 aromatic carbocycles. The molecule has 0 bridgehead atoms. The molecule has 1 rings (SSSR count). The Balaban J connectivity index is 2.58. The van der Waals surface area contributed by atoms with Crippen LogP contribution in [0.3, 0.4) is 0 Å². The van der Waals surface area contributed by atoms with Crippen molar-refractivity contribution in [2.45, 2.75) is 6.42 Å². The van der Waals surface area contributed by atoms with Crippen molar-refractivity contribution in [3.8, 4) is 5.75 Å². The van der Waals surface area contributed by atoms with Crippen LogP contribution in [0.25, 0.3) is 0 Å². The van der Waals surface area contributed by atoms with Crippen molar-refractivity contribution in [1.82, 2.24) is 0 Å². The molecule has 0 unspecified atom stereocenters. The molecule has 0 atom stereocenters. The van der Waals surface area contributed by atoms with Gasteiger partial charge in [-0.3, -0.25) is 0 Å². The van der Waals surface area contributed by atoms with Crippen molar-refractivity contribution in [3.05, 3.63) is 29.8 Å². The third-order valence-electron chi connectivity index (χ3n) is 2.35. The Bertz CT molecular complexity index is 254. The minimum Gasteiger partial charge on any atom is -0.497 e. The second-order valence-electron chi connectivity index (χ2n) is 3.39. The van der Waals surface area contributed by atoms with E-state index in [9.17, 15) is 0 Å². The van der Waals surface area contributed by atoms with E-state index in [1.807, 2.05) is 12.1 Å². The van der Waals surface area contributed by atoms with Crippen molar-refractivity contribution in [2.75, 3.05) is 20.2 Å². The number of hydrogen-bond acceptors (Lipinski definition) is 3. The molecule has 1 aromatic rings. The molecule has 0 aliphatic carbocycles. The molecule has 3 heteroatoms. The lowest BCUT2D eigenvalue weighted by Gasteiger charge is -2.11. The fourth-order valence-corrected chi connectivity index (χ4v) is 1.36. The van der Waals surface area contributed by atoms with Gasteiger partial charge in [-0.25, -0.2) is 0 Å². The molecule has 0 aromatic heterocycles. The lowest BCUT2D eigenvalue weighted by molar-refractivity contribution is 0.414. The van der Waals surface area contributed by atoms with E-state index in [4.69, 9.17) is 16.2 Å². The van der Waals surface area contributed by atoms with Crippen molar-refractivity contribution in [1.29, 1.82) is 0 Å². The van der Waals surface area contributed by atoms with Crippen LogP contribution in [0.15, 0.2) is 24.3 Å². The third kappa shape index (κ3) is 3.01. The summed E-state index contributed by atoms with van der Waals surface area (Å²) in [6, 6.07) is 8.02. The Hall–Kier alpha value is -1.06. The SMILES string of the molecule is COc1ccc(CC(CN)CN)cc1. The molecule has 0 saturated heterocycles. The Labute approximate surface area is 85.0 Å². The number of nitrogens with two attached hydrogens (primary N) is 2. The molecule has 0 radical (unpaired) electrons. The highest BCUT2D eigenvalue weighted by atomic mass is 16.5. The highest BCUT2D eigenvalue weighted by Gasteiger charge is 2.05. The lowest BCUT2D eigenvalue weighted by atomic mass is 10.00. The highest BCUT2D eigenvalue weighted by molar-refractivity contribution is 5.27. The van der Waals surface area contributed by atoms with Crippen molar-refractivity contribution >= 4 is 0 Å². The maximum absolute atomic E-state index is 5.58. The van der Waals surface area contributed by atoms with Crippen LogP contribution < -0.4 is 16.2 Å². The van der Waals surface area contributed by atoms with E-state index in [-0.39, 0.29) is 0 Å². The Morgan fingerprint density at radius 3 is 2.14 bits per heavy atom. The van der Waals surface area contributed by atoms with Crippen LogP contribution in [0.5, 0.6) is 5.75 Å². The smallest absolute Gasteiger partial charge is 0.118 e. The molecule has 0 fully saturated rings. The normalized spacial score (nSPS) is 10.6. The zero-order valence-electron chi connectivity index (χ0n) is 8.57. The second-order valence-corrected chi connectivity index (χ2v) is 3.39. The zero-order chi connectivity index (χ0) is 10.4. The first kappa shape index (κ1) is 11.0. The number of rotatable bonds is 5. The summed E-state index contributed by atoms with van der Waals surface area (Å²) in [5.74, 6) is 1.26. The van der Waals surface area contributed by atoms with Gasteiger partial charge in [0.2, 0.25) is 0 Å². The van der Waals surface area contributed by atoms with E-state index in [0.29, 0.717) is 19.0 Å². The van der Waals surface area contributed by atoms with Gasteiger partial charge in [0, 0.05) is 0 Å². The summed E-state index contributed by atoms with van der Waals surface area (Å²) in [6.45, 7) is 1.28. The molecule has 4 N–H and O–H groups in total. The van der Waals surface area contributed by atoms with Crippen LogP contribution in [-0.4, -0.2) is 20.2 Å². The molecule has 0 heterocycles. The van der Waals surface area contributed by atoms with Gasteiger partial charge < -0.3 is 16.2 Å². The Morgan fingerprint density at radius 1 is 1.14 bits per heavy atom. The van der Waals surface area contributed by atoms with Gasteiger partial charge in [0.05, 0.1) is 7.11 Å². The van der Waals surface area contributed by atoms with Gasteiger partial charge in [0.15, 0.2) is 0 Å². The van der Waals surface area contributed by atoms with Crippen LogP contribution >= 0.6 is 0 Å². The molecule has 0 amide bonds. The minimum absolute atomic E-state index is 0.378. The average Bonchev–Trinajstić information content (AvgIpc) is 2.26. The van der Waals surface area contributed by atoms with E-state index < -0.39 is 0 Å². The number of benzene rings is 1. The minimum atomic E-state index is 0.378. The second kappa shape index (κ2) is 5.62. The monoisotopic (exact) mass is 194 g/mol. The summed E-state index contributed by atoms with van der Waals surface area (Å²) < 4.78 is 5.08. The van der Waals surface area contributed by atoms with Gasteiger partial charge in [-0.2, -0.15) is 0 Å². The largest absolute Gasteiger partial charge is 0.497 e. The van der Waals surface area contributed by atoms with Gasteiger partial charge in [-0.15, -0.1) is 0 Å². The maximum atomic E-state index is 5.58. The molecule has 0 aliphatic heterocycles. The van der Waals surface area contributed by atoms with Crippen molar-refractivity contribution in [3.63, 3.8) is 0 Å². The van der Waals surface area contributed by atoms with E-state index in [1.165, 1.54) is 5.56 Å². The van der Waals surface area contributed by atoms with Gasteiger partial charge in [0.25, 0.3) is 0 Å². The molecule has 3 nitrogen and oxygen atoms in total. The average molecular weight is 194 g/mol. The Kier molecular flexibility index (Phi) is 4.43. The predicted octanol–water partition coefficient (Wildman–Crippen LogP) is 0.771. The van der Waals surface area contributed by atoms with Crippen LogP contribution in [0.4, 0.5) is 0 Å². The summed E-state index contributed by atoms with van der Waals surface area (Å²) in [5.41, 5.74) is 12.4. The maximum Gasteiger partial charge on any atom is 0.118 e. The predicted molar refractivity (Wildman–Crippen MR) is 58.3 cm³/mol. The lowest BCUT2D eigenvalue weighted by Crippen LogP contribution is -2.25. The fraction of sp³-hybridized carbons (Fsp3) is 0.455. The molecular weight excluding hydrogens is 176 g/mol. The summed E-state index contributed by atoms with van der Waals surface area (Å²) in [7, 11) is 1.66. The fourth-order valence-electron chi connectivity index (χ4n) is 1.36. The summed E-state index contributed by atoms with van der Waals surface area (Å²) >= 11 is 0. The van der Waals surface area contributed by atoms with Gasteiger partial charge >= 0.3 is 0 Å². The van der Waals surface area contributed by atoms with E-state index in [1.54, 1.807) is 7.11 Å². The summed E-state index contributed by atoms with van der Waals surface area (Å²) in [6.07, 6.45) is 0.941. The van der Waals surface area contributed by atoms with Gasteiger partial charge in [-0.05, 0) is 43.1 Å².